The van der Waals surface area contributed by atoms with Crippen molar-refractivity contribution in [2.24, 2.45) is 0 Å². The number of methoxy groups -OCH3 is 1. The van der Waals surface area contributed by atoms with Crippen molar-refractivity contribution in [2.45, 2.75) is 26.2 Å². The molecule has 0 heterocycles. The van der Waals surface area contributed by atoms with Crippen LogP contribution in [-0.2, 0) is 16.0 Å². The minimum atomic E-state index is -0.0706. The summed E-state index contributed by atoms with van der Waals surface area (Å²) in [5, 5.41) is 2.79. The fourth-order valence-corrected chi connectivity index (χ4v) is 1.52. The van der Waals surface area contributed by atoms with Gasteiger partial charge in [-0.25, -0.2) is 0 Å². The van der Waals surface area contributed by atoms with E-state index >= 15 is 0 Å². The molecular weight excluding hydrogens is 230 g/mol. The van der Waals surface area contributed by atoms with Crippen molar-refractivity contribution in [2.75, 3.05) is 13.7 Å². The molecule has 0 saturated carbocycles. The Morgan fingerprint density at radius 2 is 1.83 bits per heavy atom. The standard InChI is InChI=1S/C14H19NO3/c1-11(16)3-8-14(17)15-10-9-12-4-6-13(18-2)7-5-12/h4-7H,3,8-10H2,1-2H3,(H,15,17). The van der Waals surface area contributed by atoms with E-state index in [-0.39, 0.29) is 18.1 Å². The van der Waals surface area contributed by atoms with Crippen molar-refractivity contribution in [3.63, 3.8) is 0 Å². The molecule has 0 bridgehead atoms. The third-order valence-electron chi connectivity index (χ3n) is 2.60. The molecule has 0 unspecified atom stereocenters. The average Bonchev–Trinajstić information content (AvgIpc) is 2.37. The van der Waals surface area contributed by atoms with Crippen molar-refractivity contribution in [3.05, 3.63) is 29.8 Å². The van der Waals surface area contributed by atoms with E-state index in [9.17, 15) is 9.59 Å². The van der Waals surface area contributed by atoms with E-state index in [1.807, 2.05) is 24.3 Å². The molecule has 0 aliphatic heterocycles. The van der Waals surface area contributed by atoms with Crippen molar-refractivity contribution in [1.29, 1.82) is 0 Å². The summed E-state index contributed by atoms with van der Waals surface area (Å²) in [6.45, 7) is 2.08. The first-order chi connectivity index (χ1) is 8.61. The molecule has 0 aliphatic carbocycles. The Bertz CT molecular complexity index is 398. The predicted molar refractivity (Wildman–Crippen MR) is 69.6 cm³/mol. The predicted octanol–water partition coefficient (Wildman–Crippen LogP) is 1.72. The SMILES string of the molecule is COc1ccc(CCNC(=O)CCC(C)=O)cc1. The number of carbonyl (C=O) groups excluding carboxylic acids is 2. The highest BCUT2D eigenvalue weighted by molar-refractivity contribution is 5.83. The van der Waals surface area contributed by atoms with Gasteiger partial charge >= 0.3 is 0 Å². The van der Waals surface area contributed by atoms with Crippen LogP contribution in [0.15, 0.2) is 24.3 Å². The molecule has 0 atom stereocenters. The molecule has 1 N–H and O–H groups in total. The Hall–Kier alpha value is -1.84. The van der Waals surface area contributed by atoms with Crippen LogP contribution < -0.4 is 10.1 Å². The van der Waals surface area contributed by atoms with Gasteiger partial charge in [0, 0.05) is 19.4 Å². The van der Waals surface area contributed by atoms with Crippen LogP contribution in [0.25, 0.3) is 0 Å². The Morgan fingerprint density at radius 1 is 1.17 bits per heavy atom. The third kappa shape index (κ3) is 5.48. The maximum atomic E-state index is 11.4. The topological polar surface area (TPSA) is 55.4 Å². The Kier molecular flexibility index (Phi) is 5.91. The highest BCUT2D eigenvalue weighted by Gasteiger charge is 2.02. The van der Waals surface area contributed by atoms with Gasteiger partial charge in [-0.3, -0.25) is 4.79 Å². The van der Waals surface area contributed by atoms with Gasteiger partial charge < -0.3 is 14.8 Å². The van der Waals surface area contributed by atoms with Gasteiger partial charge in [0.25, 0.3) is 0 Å². The lowest BCUT2D eigenvalue weighted by Crippen LogP contribution is -2.25. The minimum Gasteiger partial charge on any atom is -0.497 e. The number of hydrogen-bond acceptors (Lipinski definition) is 3. The highest BCUT2D eigenvalue weighted by Crippen LogP contribution is 2.11. The van der Waals surface area contributed by atoms with Crippen molar-refractivity contribution in [1.82, 2.24) is 5.32 Å². The van der Waals surface area contributed by atoms with E-state index in [0.717, 1.165) is 17.7 Å². The number of nitrogens with one attached hydrogen (secondary N) is 1. The van der Waals surface area contributed by atoms with Crippen molar-refractivity contribution >= 4 is 11.7 Å². The quantitative estimate of drug-likeness (QED) is 0.800. The fraction of sp³-hybridized carbons (Fsp3) is 0.429. The summed E-state index contributed by atoms with van der Waals surface area (Å²) in [5.74, 6) is 0.795. The summed E-state index contributed by atoms with van der Waals surface area (Å²) >= 11 is 0. The van der Waals surface area contributed by atoms with Gasteiger partial charge in [0.15, 0.2) is 0 Å². The third-order valence-corrected chi connectivity index (χ3v) is 2.60. The van der Waals surface area contributed by atoms with Gasteiger partial charge in [0.2, 0.25) is 5.91 Å². The molecule has 0 spiro atoms. The van der Waals surface area contributed by atoms with Crippen LogP contribution in [0.4, 0.5) is 0 Å². The van der Waals surface area contributed by atoms with E-state index < -0.39 is 0 Å². The molecule has 0 saturated heterocycles. The Labute approximate surface area is 107 Å². The maximum absolute atomic E-state index is 11.4. The lowest BCUT2D eigenvalue weighted by atomic mass is 10.1. The van der Waals surface area contributed by atoms with Crippen LogP contribution in [0.2, 0.25) is 0 Å². The first kappa shape index (κ1) is 14.2. The minimum absolute atomic E-state index is 0.0419. The van der Waals surface area contributed by atoms with Crippen LogP contribution in [-0.4, -0.2) is 25.3 Å². The van der Waals surface area contributed by atoms with Crippen LogP contribution in [0.3, 0.4) is 0 Å². The van der Waals surface area contributed by atoms with E-state index in [0.29, 0.717) is 13.0 Å². The normalized spacial score (nSPS) is 9.89. The largest absolute Gasteiger partial charge is 0.497 e. The first-order valence-corrected chi connectivity index (χ1v) is 6.01. The number of carbonyl (C=O) groups is 2. The van der Waals surface area contributed by atoms with Gasteiger partial charge in [0.05, 0.1) is 7.11 Å². The summed E-state index contributed by atoms with van der Waals surface area (Å²) in [6, 6.07) is 7.74. The monoisotopic (exact) mass is 249 g/mol. The van der Waals surface area contributed by atoms with E-state index in [2.05, 4.69) is 5.32 Å². The highest BCUT2D eigenvalue weighted by atomic mass is 16.5. The van der Waals surface area contributed by atoms with Gasteiger partial charge in [-0.1, -0.05) is 12.1 Å². The molecule has 1 aromatic rings. The number of ketones is 1. The fourth-order valence-electron chi connectivity index (χ4n) is 1.52. The second-order valence-corrected chi connectivity index (χ2v) is 4.15. The summed E-state index contributed by atoms with van der Waals surface area (Å²) in [4.78, 5) is 22.1. The summed E-state index contributed by atoms with van der Waals surface area (Å²) in [7, 11) is 1.63. The van der Waals surface area contributed by atoms with Crippen LogP contribution in [0, 0.1) is 0 Å². The van der Waals surface area contributed by atoms with Crippen molar-refractivity contribution < 1.29 is 14.3 Å². The summed E-state index contributed by atoms with van der Waals surface area (Å²) in [6.07, 6.45) is 1.36. The zero-order valence-corrected chi connectivity index (χ0v) is 10.9. The lowest BCUT2D eigenvalue weighted by molar-refractivity contribution is -0.124. The van der Waals surface area contributed by atoms with Gasteiger partial charge in [-0.2, -0.15) is 0 Å². The maximum Gasteiger partial charge on any atom is 0.220 e. The molecule has 98 valence electrons. The van der Waals surface area contributed by atoms with Crippen LogP contribution in [0.1, 0.15) is 25.3 Å². The average molecular weight is 249 g/mol. The Balaban J connectivity index is 2.24. The molecule has 18 heavy (non-hydrogen) atoms. The van der Waals surface area contributed by atoms with E-state index in [1.165, 1.54) is 6.92 Å². The second-order valence-electron chi connectivity index (χ2n) is 4.15. The molecule has 0 fully saturated rings. The Morgan fingerprint density at radius 3 is 2.39 bits per heavy atom. The number of hydrogen-bond donors (Lipinski definition) is 1. The smallest absolute Gasteiger partial charge is 0.220 e. The zero-order chi connectivity index (χ0) is 13.4. The molecular formula is C14H19NO3. The van der Waals surface area contributed by atoms with Gasteiger partial charge in [0.1, 0.15) is 11.5 Å². The van der Waals surface area contributed by atoms with Crippen LogP contribution >= 0.6 is 0 Å². The lowest BCUT2D eigenvalue weighted by Gasteiger charge is -2.05. The number of ether oxygens (including phenoxy) is 1. The number of amides is 1. The second kappa shape index (κ2) is 7.48. The molecule has 4 heteroatoms. The van der Waals surface area contributed by atoms with Gasteiger partial charge in [-0.15, -0.1) is 0 Å². The molecule has 4 nitrogen and oxygen atoms in total. The zero-order valence-electron chi connectivity index (χ0n) is 10.9. The molecule has 0 aromatic heterocycles. The molecule has 0 aliphatic rings. The van der Waals surface area contributed by atoms with Crippen LogP contribution in [0.5, 0.6) is 5.75 Å². The van der Waals surface area contributed by atoms with E-state index in [4.69, 9.17) is 4.74 Å². The summed E-state index contributed by atoms with van der Waals surface area (Å²) in [5.41, 5.74) is 1.14. The molecule has 1 rings (SSSR count). The summed E-state index contributed by atoms with van der Waals surface area (Å²) < 4.78 is 5.06. The van der Waals surface area contributed by atoms with Gasteiger partial charge in [-0.05, 0) is 31.0 Å². The number of Topliss-reactive ketones (excluding diaryl/α,β-unsaturated/α-hetero) is 1. The molecule has 1 amide bonds. The first-order valence-electron chi connectivity index (χ1n) is 6.01. The van der Waals surface area contributed by atoms with E-state index in [1.54, 1.807) is 7.11 Å². The molecule has 1 aromatic carbocycles. The number of rotatable bonds is 7. The molecule has 0 radical (unpaired) electrons. The van der Waals surface area contributed by atoms with Crippen molar-refractivity contribution in [3.8, 4) is 5.75 Å². The number of benzene rings is 1.